The Balaban J connectivity index is 2.40. The molecule has 114 valence electrons. The third-order valence-electron chi connectivity index (χ3n) is 3.17. The van der Waals surface area contributed by atoms with Crippen LogP contribution in [0.25, 0.3) is 0 Å². The zero-order valence-electron chi connectivity index (χ0n) is 12.8. The second kappa shape index (κ2) is 7.99. The number of amides is 1. The van der Waals surface area contributed by atoms with Gasteiger partial charge < -0.3 is 10.4 Å². The third kappa shape index (κ3) is 5.69. The molecule has 20 heavy (non-hydrogen) atoms. The molecule has 0 saturated heterocycles. The minimum Gasteiger partial charge on any atom is -0.387 e. The predicted octanol–water partition coefficient (Wildman–Crippen LogP) is 1.66. The van der Waals surface area contributed by atoms with Gasteiger partial charge in [-0.05, 0) is 32.1 Å². The third-order valence-corrected chi connectivity index (χ3v) is 3.17. The summed E-state index contributed by atoms with van der Waals surface area (Å²) in [5.74, 6) is 0.562. The van der Waals surface area contributed by atoms with Gasteiger partial charge in [-0.2, -0.15) is 0 Å². The Morgan fingerprint density at radius 2 is 2.10 bits per heavy atom. The summed E-state index contributed by atoms with van der Waals surface area (Å²) < 4.78 is 1.46. The first kappa shape index (κ1) is 16.6. The Hall–Kier alpha value is -1.43. The van der Waals surface area contributed by atoms with Crippen LogP contribution in [0.4, 0.5) is 0 Å². The smallest absolute Gasteiger partial charge is 0.242 e. The summed E-state index contributed by atoms with van der Waals surface area (Å²) in [5, 5.41) is 20.3. The van der Waals surface area contributed by atoms with Crippen molar-refractivity contribution < 1.29 is 9.90 Å². The van der Waals surface area contributed by atoms with Gasteiger partial charge in [-0.1, -0.05) is 26.0 Å². The summed E-state index contributed by atoms with van der Waals surface area (Å²) in [6.45, 7) is 8.35. The van der Waals surface area contributed by atoms with Gasteiger partial charge in [-0.15, -0.1) is 5.10 Å². The number of aliphatic hydroxyl groups excluding tert-OH is 1. The molecular weight excluding hydrogens is 256 g/mol. The highest BCUT2D eigenvalue weighted by Gasteiger charge is 2.13. The van der Waals surface area contributed by atoms with E-state index in [0.717, 1.165) is 12.8 Å². The van der Waals surface area contributed by atoms with E-state index in [1.165, 1.54) is 4.68 Å². The fourth-order valence-corrected chi connectivity index (χ4v) is 1.88. The largest absolute Gasteiger partial charge is 0.387 e. The monoisotopic (exact) mass is 282 g/mol. The van der Waals surface area contributed by atoms with Crippen LogP contribution >= 0.6 is 0 Å². The van der Waals surface area contributed by atoms with Crippen LogP contribution in [0.1, 0.15) is 58.8 Å². The highest BCUT2D eigenvalue weighted by atomic mass is 16.3. The molecule has 0 radical (unpaired) electrons. The van der Waals surface area contributed by atoms with Crippen LogP contribution in [0, 0.1) is 5.92 Å². The van der Waals surface area contributed by atoms with Crippen LogP contribution in [0.3, 0.4) is 0 Å². The number of nitrogens with one attached hydrogen (secondary N) is 1. The number of carbonyl (C=O) groups is 1. The molecule has 0 spiro atoms. The number of aliphatic hydroxyl groups is 1. The maximum atomic E-state index is 11.9. The van der Waals surface area contributed by atoms with Crippen LogP contribution in [-0.2, 0) is 11.3 Å². The molecule has 1 amide bonds. The molecule has 0 saturated carbocycles. The fraction of sp³-hybridized carbons (Fsp3) is 0.786. The summed E-state index contributed by atoms with van der Waals surface area (Å²) in [6.07, 6.45) is 3.65. The van der Waals surface area contributed by atoms with E-state index in [1.807, 2.05) is 13.8 Å². The lowest BCUT2D eigenvalue weighted by atomic mass is 10.0. The van der Waals surface area contributed by atoms with E-state index < -0.39 is 6.10 Å². The average molecular weight is 282 g/mol. The number of rotatable bonds is 8. The Morgan fingerprint density at radius 1 is 1.40 bits per heavy atom. The van der Waals surface area contributed by atoms with Crippen molar-refractivity contribution in [2.75, 3.05) is 0 Å². The van der Waals surface area contributed by atoms with Gasteiger partial charge in [-0.25, -0.2) is 4.68 Å². The van der Waals surface area contributed by atoms with Gasteiger partial charge in [0.1, 0.15) is 12.2 Å². The van der Waals surface area contributed by atoms with E-state index in [0.29, 0.717) is 18.0 Å². The van der Waals surface area contributed by atoms with Crippen molar-refractivity contribution in [1.82, 2.24) is 20.3 Å². The topological polar surface area (TPSA) is 80.0 Å². The molecule has 0 aliphatic rings. The summed E-state index contributed by atoms with van der Waals surface area (Å²) in [5.41, 5.74) is 0.508. The summed E-state index contributed by atoms with van der Waals surface area (Å²) in [7, 11) is 0. The van der Waals surface area contributed by atoms with Crippen molar-refractivity contribution in [3.8, 4) is 0 Å². The molecule has 0 aliphatic carbocycles. The van der Waals surface area contributed by atoms with Crippen molar-refractivity contribution in [2.24, 2.45) is 5.92 Å². The van der Waals surface area contributed by atoms with E-state index in [4.69, 9.17) is 0 Å². The minimum absolute atomic E-state index is 0.0799. The Bertz CT molecular complexity index is 417. The molecule has 0 aliphatic heterocycles. The quantitative estimate of drug-likeness (QED) is 0.760. The molecular formula is C14H26N4O2. The molecule has 2 atom stereocenters. The highest BCUT2D eigenvalue weighted by molar-refractivity contribution is 5.75. The van der Waals surface area contributed by atoms with E-state index in [1.54, 1.807) is 6.20 Å². The lowest BCUT2D eigenvalue weighted by molar-refractivity contribution is -0.122. The van der Waals surface area contributed by atoms with Gasteiger partial charge in [0.05, 0.1) is 12.3 Å². The molecule has 2 N–H and O–H groups in total. The van der Waals surface area contributed by atoms with Gasteiger partial charge in [0, 0.05) is 6.04 Å². The van der Waals surface area contributed by atoms with Gasteiger partial charge in [-0.3, -0.25) is 4.79 Å². The molecule has 1 aromatic heterocycles. The van der Waals surface area contributed by atoms with E-state index in [2.05, 4.69) is 29.5 Å². The van der Waals surface area contributed by atoms with Gasteiger partial charge >= 0.3 is 0 Å². The standard InChI is InChI=1S/C14H26N4O2/c1-5-13(19)12-8-18(17-16-12)9-14(20)15-11(4)7-6-10(2)3/h8,10-11,13,19H,5-7,9H2,1-4H3,(H,15,20). The molecule has 6 nitrogen and oxygen atoms in total. The maximum Gasteiger partial charge on any atom is 0.242 e. The van der Waals surface area contributed by atoms with E-state index in [-0.39, 0.29) is 18.5 Å². The molecule has 2 unspecified atom stereocenters. The van der Waals surface area contributed by atoms with Crippen LogP contribution in [0.15, 0.2) is 6.20 Å². The number of aromatic nitrogens is 3. The first-order valence-corrected chi connectivity index (χ1v) is 7.29. The van der Waals surface area contributed by atoms with Crippen molar-refractivity contribution >= 4 is 5.91 Å². The number of hydrogen-bond donors (Lipinski definition) is 2. The van der Waals surface area contributed by atoms with Crippen molar-refractivity contribution in [1.29, 1.82) is 0 Å². The van der Waals surface area contributed by atoms with Crippen LogP contribution in [0.2, 0.25) is 0 Å². The average Bonchev–Trinajstić information content (AvgIpc) is 2.83. The second-order valence-electron chi connectivity index (χ2n) is 5.70. The maximum absolute atomic E-state index is 11.9. The first-order chi connectivity index (χ1) is 9.42. The molecule has 0 fully saturated rings. The fourth-order valence-electron chi connectivity index (χ4n) is 1.88. The van der Waals surface area contributed by atoms with Gasteiger partial charge in [0.2, 0.25) is 5.91 Å². The van der Waals surface area contributed by atoms with E-state index >= 15 is 0 Å². The molecule has 1 rings (SSSR count). The van der Waals surface area contributed by atoms with Crippen LogP contribution in [0.5, 0.6) is 0 Å². The van der Waals surface area contributed by atoms with Crippen molar-refractivity contribution in [3.05, 3.63) is 11.9 Å². The minimum atomic E-state index is -0.614. The molecule has 1 aromatic rings. The normalized spacial score (nSPS) is 14.3. The molecule has 1 heterocycles. The van der Waals surface area contributed by atoms with Gasteiger partial charge in [0.15, 0.2) is 0 Å². The highest BCUT2D eigenvalue weighted by Crippen LogP contribution is 2.11. The summed E-state index contributed by atoms with van der Waals surface area (Å²) in [4.78, 5) is 11.9. The van der Waals surface area contributed by atoms with Crippen LogP contribution in [-0.4, -0.2) is 32.0 Å². The summed E-state index contributed by atoms with van der Waals surface area (Å²) >= 11 is 0. The zero-order valence-corrected chi connectivity index (χ0v) is 12.8. The molecule has 0 bridgehead atoms. The molecule has 0 aromatic carbocycles. The zero-order chi connectivity index (χ0) is 15.1. The predicted molar refractivity (Wildman–Crippen MR) is 76.9 cm³/mol. The number of hydrogen-bond acceptors (Lipinski definition) is 4. The Labute approximate surface area is 120 Å². The number of carbonyl (C=O) groups excluding carboxylic acids is 1. The lowest BCUT2D eigenvalue weighted by Gasteiger charge is -2.14. The van der Waals surface area contributed by atoms with Crippen molar-refractivity contribution in [3.63, 3.8) is 0 Å². The second-order valence-corrected chi connectivity index (χ2v) is 5.70. The first-order valence-electron chi connectivity index (χ1n) is 7.29. The Morgan fingerprint density at radius 3 is 2.70 bits per heavy atom. The van der Waals surface area contributed by atoms with Crippen LogP contribution < -0.4 is 5.32 Å². The molecule has 6 heteroatoms. The Kier molecular flexibility index (Phi) is 6.64. The van der Waals surface area contributed by atoms with Gasteiger partial charge in [0.25, 0.3) is 0 Å². The SMILES string of the molecule is CCC(O)c1cn(CC(=O)NC(C)CCC(C)C)nn1. The van der Waals surface area contributed by atoms with E-state index in [9.17, 15) is 9.90 Å². The number of nitrogens with zero attached hydrogens (tertiary/aromatic N) is 3. The van der Waals surface area contributed by atoms with Crippen molar-refractivity contribution in [2.45, 2.75) is 65.6 Å². The lowest BCUT2D eigenvalue weighted by Crippen LogP contribution is -2.35. The summed E-state index contributed by atoms with van der Waals surface area (Å²) in [6, 6.07) is 0.161.